The summed E-state index contributed by atoms with van der Waals surface area (Å²) < 4.78 is 5.69. The van der Waals surface area contributed by atoms with Crippen LogP contribution in [0.5, 0.6) is 0 Å². The third-order valence-corrected chi connectivity index (χ3v) is 6.47. The normalized spacial score (nSPS) is 14.0. The minimum absolute atomic E-state index is 0.158. The molecule has 0 unspecified atom stereocenters. The van der Waals surface area contributed by atoms with Crippen molar-refractivity contribution in [2.75, 3.05) is 23.8 Å². The van der Waals surface area contributed by atoms with E-state index >= 15 is 0 Å². The number of ether oxygens (including phenoxy) is 1. The van der Waals surface area contributed by atoms with E-state index in [1.165, 1.54) is 31.7 Å². The first kappa shape index (κ1) is 27.2. The van der Waals surface area contributed by atoms with Crippen molar-refractivity contribution in [3.05, 3.63) is 46.9 Å². The van der Waals surface area contributed by atoms with Crippen LogP contribution in [0.25, 0.3) is 0 Å². The van der Waals surface area contributed by atoms with Gasteiger partial charge in [-0.05, 0) is 63.6 Å². The molecule has 0 spiro atoms. The Labute approximate surface area is 217 Å². The Balaban J connectivity index is 1.55. The molecule has 192 valence electrons. The number of nitrogens with one attached hydrogen (secondary N) is 2. The Bertz CT molecular complexity index is 1090. The standard InChI is InChI=1S/C26H33ClN6O3/c1-26(2,3)33(25(35)36-17-18-7-5-4-6-8-18)12-11-19-9-10-20(13-22(19)27)31-24(34)32-23-16-29-21(14-28)15-30-23/h9-10,13,15-16,18H,4-8,11-12,17H2,1-3H3,(H2,30,31,32,34). The molecule has 10 heteroatoms. The van der Waals surface area contributed by atoms with Crippen molar-refractivity contribution < 1.29 is 14.3 Å². The van der Waals surface area contributed by atoms with Gasteiger partial charge in [-0.15, -0.1) is 0 Å². The van der Waals surface area contributed by atoms with Crippen molar-refractivity contribution in [2.24, 2.45) is 5.92 Å². The fourth-order valence-corrected chi connectivity index (χ4v) is 4.39. The van der Waals surface area contributed by atoms with Gasteiger partial charge in [0.1, 0.15) is 6.07 Å². The van der Waals surface area contributed by atoms with E-state index < -0.39 is 11.6 Å². The van der Waals surface area contributed by atoms with E-state index in [0.717, 1.165) is 18.4 Å². The lowest BCUT2D eigenvalue weighted by Gasteiger charge is -2.35. The Hall–Kier alpha value is -3.38. The number of rotatable bonds is 7. The zero-order chi connectivity index (χ0) is 26.1. The van der Waals surface area contributed by atoms with E-state index in [1.807, 2.05) is 32.9 Å². The third-order valence-electron chi connectivity index (χ3n) is 6.12. The third kappa shape index (κ3) is 8.09. The van der Waals surface area contributed by atoms with E-state index in [2.05, 4.69) is 20.6 Å². The Kier molecular flexibility index (Phi) is 9.48. The number of urea groups is 1. The second-order valence-electron chi connectivity index (χ2n) is 9.94. The first-order chi connectivity index (χ1) is 17.2. The fraction of sp³-hybridized carbons (Fsp3) is 0.500. The van der Waals surface area contributed by atoms with Crippen LogP contribution in [0.15, 0.2) is 30.6 Å². The molecule has 1 fully saturated rings. The monoisotopic (exact) mass is 512 g/mol. The van der Waals surface area contributed by atoms with Crippen LogP contribution in [0.3, 0.4) is 0 Å². The van der Waals surface area contributed by atoms with Crippen molar-refractivity contribution in [1.29, 1.82) is 5.26 Å². The van der Waals surface area contributed by atoms with Crippen molar-refractivity contribution in [2.45, 2.75) is 64.8 Å². The number of halogens is 1. The first-order valence-electron chi connectivity index (χ1n) is 12.2. The van der Waals surface area contributed by atoms with Crippen LogP contribution >= 0.6 is 11.6 Å². The Morgan fingerprint density at radius 1 is 1.17 bits per heavy atom. The largest absolute Gasteiger partial charge is 0.449 e. The molecule has 0 aliphatic heterocycles. The summed E-state index contributed by atoms with van der Waals surface area (Å²) in [5, 5.41) is 14.5. The number of hydrogen-bond acceptors (Lipinski definition) is 6. The molecule has 3 amide bonds. The van der Waals surface area contributed by atoms with Gasteiger partial charge in [0.05, 0.1) is 19.0 Å². The van der Waals surface area contributed by atoms with E-state index in [0.29, 0.717) is 36.2 Å². The topological polar surface area (TPSA) is 120 Å². The van der Waals surface area contributed by atoms with Gasteiger partial charge in [-0.2, -0.15) is 5.26 Å². The van der Waals surface area contributed by atoms with Crippen LogP contribution in [0.1, 0.15) is 64.1 Å². The molecule has 1 aliphatic carbocycles. The molecule has 1 aromatic heterocycles. The minimum Gasteiger partial charge on any atom is -0.449 e. The summed E-state index contributed by atoms with van der Waals surface area (Å²) in [6.45, 7) is 6.89. The minimum atomic E-state index is -0.516. The molecule has 2 N–H and O–H groups in total. The van der Waals surface area contributed by atoms with Gasteiger partial charge < -0.3 is 15.0 Å². The van der Waals surface area contributed by atoms with E-state index in [1.54, 1.807) is 17.0 Å². The predicted octanol–water partition coefficient (Wildman–Crippen LogP) is 6.01. The molecule has 1 aliphatic rings. The number of aromatic nitrogens is 2. The summed E-state index contributed by atoms with van der Waals surface area (Å²) in [6.07, 6.45) is 8.74. The van der Waals surface area contributed by atoms with Crippen LogP contribution in [0, 0.1) is 17.2 Å². The lowest BCUT2D eigenvalue weighted by Crippen LogP contribution is -2.47. The number of carbonyl (C=O) groups is 2. The summed E-state index contributed by atoms with van der Waals surface area (Å²) in [4.78, 5) is 34.7. The molecule has 0 saturated heterocycles. The number of hydrogen-bond donors (Lipinski definition) is 2. The summed E-state index contributed by atoms with van der Waals surface area (Å²) in [7, 11) is 0. The highest BCUT2D eigenvalue weighted by Crippen LogP contribution is 2.26. The number of benzene rings is 1. The molecule has 3 rings (SSSR count). The highest BCUT2D eigenvalue weighted by molar-refractivity contribution is 6.31. The van der Waals surface area contributed by atoms with Crippen LogP contribution in [0.2, 0.25) is 5.02 Å². The lowest BCUT2D eigenvalue weighted by molar-refractivity contribution is 0.0529. The van der Waals surface area contributed by atoms with Crippen molar-refractivity contribution >= 4 is 35.2 Å². The number of anilines is 2. The molecule has 2 aromatic rings. The zero-order valence-electron chi connectivity index (χ0n) is 21.0. The van der Waals surface area contributed by atoms with Crippen LogP contribution in [-0.2, 0) is 11.2 Å². The maximum atomic E-state index is 12.9. The molecule has 1 heterocycles. The number of amides is 3. The van der Waals surface area contributed by atoms with Gasteiger partial charge in [-0.3, -0.25) is 5.32 Å². The van der Waals surface area contributed by atoms with Gasteiger partial charge in [-0.1, -0.05) is 36.9 Å². The van der Waals surface area contributed by atoms with Gasteiger partial charge in [0.25, 0.3) is 0 Å². The second-order valence-corrected chi connectivity index (χ2v) is 10.3. The average Bonchev–Trinajstić information content (AvgIpc) is 2.84. The van der Waals surface area contributed by atoms with E-state index in [4.69, 9.17) is 21.6 Å². The molecule has 0 atom stereocenters. The maximum absolute atomic E-state index is 12.9. The molecular formula is C26H33ClN6O3. The number of nitrogens with zero attached hydrogens (tertiary/aromatic N) is 4. The van der Waals surface area contributed by atoms with Crippen LogP contribution in [-0.4, -0.2) is 45.7 Å². The summed E-state index contributed by atoms with van der Waals surface area (Å²) in [6, 6.07) is 6.58. The SMILES string of the molecule is CC(C)(C)N(CCc1ccc(NC(=O)Nc2cnc(C#N)cn2)cc1Cl)C(=O)OCC1CCCCC1. The molecule has 0 bridgehead atoms. The molecular weight excluding hydrogens is 480 g/mol. The quantitative estimate of drug-likeness (QED) is 0.469. The Morgan fingerprint density at radius 3 is 2.53 bits per heavy atom. The van der Waals surface area contributed by atoms with E-state index in [9.17, 15) is 9.59 Å². The van der Waals surface area contributed by atoms with Crippen LogP contribution in [0.4, 0.5) is 21.1 Å². The highest BCUT2D eigenvalue weighted by Gasteiger charge is 2.28. The average molecular weight is 513 g/mol. The lowest BCUT2D eigenvalue weighted by atomic mass is 9.90. The number of carbonyl (C=O) groups excluding carboxylic acids is 2. The zero-order valence-corrected chi connectivity index (χ0v) is 21.8. The van der Waals surface area contributed by atoms with Gasteiger partial charge in [0.2, 0.25) is 0 Å². The van der Waals surface area contributed by atoms with Crippen molar-refractivity contribution in [3.8, 4) is 6.07 Å². The van der Waals surface area contributed by atoms with Gasteiger partial charge in [0, 0.05) is 22.8 Å². The van der Waals surface area contributed by atoms with Crippen LogP contribution < -0.4 is 10.6 Å². The van der Waals surface area contributed by atoms with Gasteiger partial charge in [0.15, 0.2) is 11.5 Å². The predicted molar refractivity (Wildman–Crippen MR) is 139 cm³/mol. The molecule has 9 nitrogen and oxygen atoms in total. The van der Waals surface area contributed by atoms with Crippen molar-refractivity contribution in [3.63, 3.8) is 0 Å². The molecule has 0 radical (unpaired) electrons. The number of nitriles is 1. The van der Waals surface area contributed by atoms with Crippen molar-refractivity contribution in [1.82, 2.24) is 14.9 Å². The molecule has 36 heavy (non-hydrogen) atoms. The van der Waals surface area contributed by atoms with Gasteiger partial charge >= 0.3 is 12.1 Å². The smallest absolute Gasteiger partial charge is 0.410 e. The molecule has 1 saturated carbocycles. The summed E-state index contributed by atoms with van der Waals surface area (Å²) in [5.41, 5.74) is 1.12. The second kappa shape index (κ2) is 12.5. The Morgan fingerprint density at radius 2 is 1.92 bits per heavy atom. The summed E-state index contributed by atoms with van der Waals surface area (Å²) >= 11 is 6.49. The highest BCUT2D eigenvalue weighted by atomic mass is 35.5. The maximum Gasteiger partial charge on any atom is 0.410 e. The molecule has 1 aromatic carbocycles. The van der Waals surface area contributed by atoms with E-state index in [-0.39, 0.29) is 17.6 Å². The first-order valence-corrected chi connectivity index (χ1v) is 12.6. The summed E-state index contributed by atoms with van der Waals surface area (Å²) in [5.74, 6) is 0.673. The van der Waals surface area contributed by atoms with Gasteiger partial charge in [-0.25, -0.2) is 19.6 Å². The fourth-order valence-electron chi connectivity index (χ4n) is 4.11.